The summed E-state index contributed by atoms with van der Waals surface area (Å²) in [6, 6.07) is -0.487. The number of nitrogens with two attached hydrogens (primary N) is 1. The number of aliphatic hydroxyl groups is 1. The van der Waals surface area contributed by atoms with Gasteiger partial charge >= 0.3 is 0 Å². The summed E-state index contributed by atoms with van der Waals surface area (Å²) in [6.45, 7) is 7.90. The Morgan fingerprint density at radius 3 is 2.27 bits per heavy atom. The minimum atomic E-state index is -0.446. The molecule has 0 saturated heterocycles. The fraction of sp³-hybridized carbons (Fsp3) is 0.909. The van der Waals surface area contributed by atoms with Gasteiger partial charge in [0, 0.05) is 12.6 Å². The smallest absolute Gasteiger partial charge is 0.237 e. The number of amides is 1. The average molecular weight is 216 g/mol. The molecule has 0 spiro atoms. The van der Waals surface area contributed by atoms with Crippen molar-refractivity contribution < 1.29 is 9.90 Å². The number of aliphatic hydroxyl groups excluding tert-OH is 1. The topological polar surface area (TPSA) is 75.4 Å². The van der Waals surface area contributed by atoms with Gasteiger partial charge in [0.05, 0.1) is 6.04 Å². The van der Waals surface area contributed by atoms with E-state index in [2.05, 4.69) is 5.32 Å². The van der Waals surface area contributed by atoms with E-state index in [0.29, 0.717) is 12.3 Å². The molecule has 0 rings (SSSR count). The summed E-state index contributed by atoms with van der Waals surface area (Å²) in [5.74, 6) is 0.341. The largest absolute Gasteiger partial charge is 0.396 e. The van der Waals surface area contributed by atoms with Gasteiger partial charge in [0.1, 0.15) is 0 Å². The molecule has 4 nitrogen and oxygen atoms in total. The second kappa shape index (κ2) is 6.80. The number of hydrogen-bond donors (Lipinski definition) is 3. The maximum atomic E-state index is 11.6. The average Bonchev–Trinajstić information content (AvgIpc) is 2.15. The van der Waals surface area contributed by atoms with Crippen LogP contribution in [0.3, 0.4) is 0 Å². The van der Waals surface area contributed by atoms with Gasteiger partial charge in [-0.15, -0.1) is 0 Å². The van der Waals surface area contributed by atoms with Gasteiger partial charge < -0.3 is 16.2 Å². The summed E-state index contributed by atoms with van der Waals surface area (Å²) >= 11 is 0. The molecule has 4 N–H and O–H groups in total. The van der Waals surface area contributed by atoms with Crippen LogP contribution in [0.4, 0.5) is 0 Å². The van der Waals surface area contributed by atoms with Crippen LogP contribution in [-0.2, 0) is 4.79 Å². The van der Waals surface area contributed by atoms with Crippen molar-refractivity contribution in [3.05, 3.63) is 0 Å². The molecule has 0 aliphatic carbocycles. The van der Waals surface area contributed by atoms with Crippen molar-refractivity contribution in [2.45, 2.75) is 46.2 Å². The lowest BCUT2D eigenvalue weighted by Crippen LogP contribution is -2.47. The third kappa shape index (κ3) is 5.74. The molecule has 3 atom stereocenters. The number of hydrogen-bond acceptors (Lipinski definition) is 3. The van der Waals surface area contributed by atoms with Crippen LogP contribution in [0.1, 0.15) is 34.1 Å². The molecule has 0 aliphatic heterocycles. The van der Waals surface area contributed by atoms with Crippen LogP contribution in [0, 0.1) is 11.8 Å². The molecule has 0 aromatic heterocycles. The normalized spacial score (nSPS) is 17.3. The van der Waals surface area contributed by atoms with Crippen molar-refractivity contribution in [3.8, 4) is 0 Å². The van der Waals surface area contributed by atoms with Gasteiger partial charge in [-0.25, -0.2) is 0 Å². The molecular formula is C11H24N2O2. The van der Waals surface area contributed by atoms with Crippen LogP contribution in [0.2, 0.25) is 0 Å². The van der Waals surface area contributed by atoms with Crippen molar-refractivity contribution in [3.63, 3.8) is 0 Å². The first-order valence-electron chi connectivity index (χ1n) is 5.55. The van der Waals surface area contributed by atoms with E-state index in [1.54, 1.807) is 0 Å². The number of carbonyl (C=O) groups is 1. The molecule has 0 aliphatic rings. The van der Waals surface area contributed by atoms with Gasteiger partial charge in [-0.3, -0.25) is 4.79 Å². The molecule has 4 heteroatoms. The van der Waals surface area contributed by atoms with Crippen molar-refractivity contribution in [1.82, 2.24) is 5.32 Å². The first-order chi connectivity index (χ1) is 6.88. The van der Waals surface area contributed by atoms with E-state index in [1.807, 2.05) is 27.7 Å². The standard InChI is InChI=1S/C11H24N2O2/c1-7(2)5-10(12)11(15)13-9(4)8(3)6-14/h7-10,14H,5-6,12H2,1-4H3,(H,13,15). The zero-order chi connectivity index (χ0) is 12.0. The molecule has 90 valence electrons. The van der Waals surface area contributed by atoms with Crippen LogP contribution in [0.5, 0.6) is 0 Å². The van der Waals surface area contributed by atoms with Gasteiger partial charge in [0.2, 0.25) is 5.91 Å². The summed E-state index contributed by atoms with van der Waals surface area (Å²) in [5.41, 5.74) is 5.73. The number of rotatable bonds is 6. The lowest BCUT2D eigenvalue weighted by Gasteiger charge is -2.22. The van der Waals surface area contributed by atoms with Crippen LogP contribution >= 0.6 is 0 Å². The molecule has 0 fully saturated rings. The number of carbonyl (C=O) groups excluding carboxylic acids is 1. The van der Waals surface area contributed by atoms with E-state index >= 15 is 0 Å². The molecule has 1 amide bonds. The summed E-state index contributed by atoms with van der Waals surface area (Å²) in [4.78, 5) is 11.6. The Morgan fingerprint density at radius 1 is 1.33 bits per heavy atom. The Hall–Kier alpha value is -0.610. The zero-order valence-electron chi connectivity index (χ0n) is 10.2. The van der Waals surface area contributed by atoms with Gasteiger partial charge in [-0.2, -0.15) is 0 Å². The van der Waals surface area contributed by atoms with E-state index < -0.39 is 6.04 Å². The van der Waals surface area contributed by atoms with E-state index in [-0.39, 0.29) is 24.5 Å². The molecule has 0 radical (unpaired) electrons. The van der Waals surface area contributed by atoms with Crippen LogP contribution in [0.15, 0.2) is 0 Å². The molecular weight excluding hydrogens is 192 g/mol. The van der Waals surface area contributed by atoms with Gasteiger partial charge in [0.15, 0.2) is 0 Å². The van der Waals surface area contributed by atoms with Gasteiger partial charge in [0.25, 0.3) is 0 Å². The molecule has 0 bridgehead atoms. The molecule has 15 heavy (non-hydrogen) atoms. The zero-order valence-corrected chi connectivity index (χ0v) is 10.2. The summed E-state index contributed by atoms with van der Waals surface area (Å²) in [6.07, 6.45) is 0.687. The van der Waals surface area contributed by atoms with Crippen molar-refractivity contribution in [1.29, 1.82) is 0 Å². The third-order valence-corrected chi connectivity index (χ3v) is 2.57. The molecule has 0 saturated carbocycles. The second-order valence-corrected chi connectivity index (χ2v) is 4.69. The Kier molecular flexibility index (Phi) is 6.52. The lowest BCUT2D eigenvalue weighted by atomic mass is 10.0. The summed E-state index contributed by atoms with van der Waals surface area (Å²) in [7, 11) is 0. The fourth-order valence-corrected chi connectivity index (χ4v) is 1.25. The monoisotopic (exact) mass is 216 g/mol. The van der Waals surface area contributed by atoms with Crippen LogP contribution in [-0.4, -0.2) is 29.7 Å². The maximum Gasteiger partial charge on any atom is 0.237 e. The fourth-order valence-electron chi connectivity index (χ4n) is 1.25. The molecule has 3 unspecified atom stereocenters. The highest BCUT2D eigenvalue weighted by molar-refractivity contribution is 5.81. The minimum Gasteiger partial charge on any atom is -0.396 e. The lowest BCUT2D eigenvalue weighted by molar-refractivity contribution is -0.123. The highest BCUT2D eigenvalue weighted by Crippen LogP contribution is 2.05. The van der Waals surface area contributed by atoms with E-state index in [1.165, 1.54) is 0 Å². The van der Waals surface area contributed by atoms with Crippen molar-refractivity contribution in [2.75, 3.05) is 6.61 Å². The highest BCUT2D eigenvalue weighted by atomic mass is 16.3. The van der Waals surface area contributed by atoms with Crippen LogP contribution < -0.4 is 11.1 Å². The Balaban J connectivity index is 4.01. The van der Waals surface area contributed by atoms with E-state index in [0.717, 1.165) is 0 Å². The molecule has 0 heterocycles. The first kappa shape index (κ1) is 14.4. The SMILES string of the molecule is CC(C)CC(N)C(=O)NC(C)C(C)CO. The summed E-state index contributed by atoms with van der Waals surface area (Å²) in [5, 5.41) is 11.7. The van der Waals surface area contributed by atoms with Crippen molar-refractivity contribution in [2.24, 2.45) is 17.6 Å². The van der Waals surface area contributed by atoms with Crippen LogP contribution in [0.25, 0.3) is 0 Å². The highest BCUT2D eigenvalue weighted by Gasteiger charge is 2.19. The first-order valence-corrected chi connectivity index (χ1v) is 5.55. The van der Waals surface area contributed by atoms with E-state index in [4.69, 9.17) is 10.8 Å². The Bertz CT molecular complexity index is 195. The number of nitrogens with one attached hydrogen (secondary N) is 1. The molecule has 0 aromatic rings. The predicted octanol–water partition coefficient (Wildman–Crippen LogP) is 0.493. The third-order valence-electron chi connectivity index (χ3n) is 2.57. The van der Waals surface area contributed by atoms with Gasteiger partial charge in [-0.05, 0) is 25.2 Å². The van der Waals surface area contributed by atoms with Crippen molar-refractivity contribution >= 4 is 5.91 Å². The summed E-state index contributed by atoms with van der Waals surface area (Å²) < 4.78 is 0. The Morgan fingerprint density at radius 2 is 1.87 bits per heavy atom. The predicted molar refractivity (Wildman–Crippen MR) is 61.3 cm³/mol. The maximum absolute atomic E-state index is 11.6. The quantitative estimate of drug-likeness (QED) is 0.605. The second-order valence-electron chi connectivity index (χ2n) is 4.69. The molecule has 0 aromatic carbocycles. The van der Waals surface area contributed by atoms with Gasteiger partial charge in [-0.1, -0.05) is 20.8 Å². The minimum absolute atomic E-state index is 0.0410. The van der Waals surface area contributed by atoms with E-state index in [9.17, 15) is 4.79 Å². The Labute approximate surface area is 92.2 Å².